The zero-order valence-electron chi connectivity index (χ0n) is 19.7. The highest BCUT2D eigenvalue weighted by molar-refractivity contribution is 9.10. The molecule has 0 radical (unpaired) electrons. The van der Waals surface area contributed by atoms with Crippen LogP contribution in [0.3, 0.4) is 0 Å². The monoisotopic (exact) mass is 628 g/mol. The Morgan fingerprint density at radius 2 is 1.00 bits per heavy atom. The van der Waals surface area contributed by atoms with E-state index in [2.05, 4.69) is 31.9 Å². The first-order chi connectivity index (χ1) is 18.3. The van der Waals surface area contributed by atoms with Gasteiger partial charge in [-0.05, 0) is 57.6 Å². The second kappa shape index (κ2) is 7.94. The van der Waals surface area contributed by atoms with Gasteiger partial charge in [0, 0.05) is 12.1 Å². The van der Waals surface area contributed by atoms with Crippen molar-refractivity contribution in [2.45, 2.75) is 8.65 Å². The molecule has 2 amide bonds. The number of nitro benzene ring substituents is 1. The first-order valence-electron chi connectivity index (χ1n) is 12.1. The lowest BCUT2D eigenvalue weighted by Crippen LogP contribution is -2.56. The van der Waals surface area contributed by atoms with Gasteiger partial charge in [0.25, 0.3) is 5.69 Å². The highest BCUT2D eigenvalue weighted by atomic mass is 79.9. The summed E-state index contributed by atoms with van der Waals surface area (Å²) in [4.78, 5) is 40.2. The summed E-state index contributed by atoms with van der Waals surface area (Å²) < 4.78 is -1.67. The quantitative estimate of drug-likeness (QED) is 0.110. The van der Waals surface area contributed by atoms with E-state index < -0.39 is 25.4 Å². The van der Waals surface area contributed by atoms with E-state index in [4.69, 9.17) is 0 Å². The van der Waals surface area contributed by atoms with Crippen LogP contribution in [-0.2, 0) is 18.2 Å². The maximum atomic E-state index is 14.2. The van der Waals surface area contributed by atoms with Crippen LogP contribution in [-0.4, -0.2) is 16.7 Å². The molecule has 2 atom stereocenters. The average molecular weight is 630 g/mol. The normalized spacial score (nSPS) is 26.6. The van der Waals surface area contributed by atoms with Crippen LogP contribution in [0.2, 0.25) is 0 Å². The van der Waals surface area contributed by atoms with Gasteiger partial charge in [0.15, 0.2) is 0 Å². The number of carbonyl (C=O) groups excluding carboxylic acids is 2. The largest absolute Gasteiger partial charge is 0.274 e. The van der Waals surface area contributed by atoms with Crippen molar-refractivity contribution in [1.29, 1.82) is 0 Å². The average Bonchev–Trinajstić information content (AvgIpc) is 3.22. The molecule has 4 aromatic rings. The van der Waals surface area contributed by atoms with E-state index in [1.807, 2.05) is 60.7 Å². The van der Waals surface area contributed by atoms with E-state index in [1.165, 1.54) is 17.0 Å². The lowest BCUT2D eigenvalue weighted by molar-refractivity contribution is -0.384. The van der Waals surface area contributed by atoms with E-state index in [0.29, 0.717) is 5.69 Å². The number of halogens is 2. The molecular weight excluding hydrogens is 612 g/mol. The topological polar surface area (TPSA) is 80.5 Å². The first kappa shape index (κ1) is 23.5. The molecule has 4 aliphatic rings. The van der Waals surface area contributed by atoms with Crippen LogP contribution < -0.4 is 4.90 Å². The van der Waals surface area contributed by atoms with Gasteiger partial charge in [0.2, 0.25) is 11.8 Å². The number of non-ortho nitro benzene ring substituents is 1. The highest BCUT2D eigenvalue weighted by Gasteiger charge is 2.72. The van der Waals surface area contributed by atoms with Gasteiger partial charge in [-0.25, -0.2) is 4.90 Å². The third-order valence-electron chi connectivity index (χ3n) is 8.12. The highest BCUT2D eigenvalue weighted by Crippen LogP contribution is 2.70. The molecule has 8 heteroatoms. The molecule has 8 rings (SSSR count). The minimum atomic E-state index is -0.833. The standard InChI is InChI=1S/C30H18Br2N2O4/c31-29-21-5-1-2-6-22(21)30(32,24-8-4-3-7-23(24)29)26-25(29)27(35)33(28(26)36)19-13-9-17(10-14-19)18-11-15-20(16-12-18)34(37)38/h1-16,25-26H/t25-,26+,29?,30?. The number of rotatable bonds is 3. The zero-order chi connectivity index (χ0) is 26.4. The number of carbonyl (C=O) groups is 2. The summed E-state index contributed by atoms with van der Waals surface area (Å²) in [6, 6.07) is 29.4. The molecule has 4 aromatic carbocycles. The number of anilines is 1. The van der Waals surface area contributed by atoms with E-state index in [9.17, 15) is 19.7 Å². The van der Waals surface area contributed by atoms with Gasteiger partial charge in [0.05, 0.1) is 31.1 Å². The Morgan fingerprint density at radius 1 is 0.632 bits per heavy atom. The second-order valence-electron chi connectivity index (χ2n) is 9.83. The third kappa shape index (κ3) is 2.82. The van der Waals surface area contributed by atoms with Crippen LogP contribution in [0.1, 0.15) is 22.3 Å². The maximum absolute atomic E-state index is 14.2. The Hall–Kier alpha value is -3.62. The molecule has 0 unspecified atom stereocenters. The molecule has 0 saturated carbocycles. The van der Waals surface area contributed by atoms with E-state index in [-0.39, 0.29) is 17.5 Å². The molecule has 1 fully saturated rings. The summed E-state index contributed by atoms with van der Waals surface area (Å²) >= 11 is 8.04. The minimum Gasteiger partial charge on any atom is -0.274 e. The molecular formula is C30H18Br2N2O4. The molecule has 0 N–H and O–H groups in total. The van der Waals surface area contributed by atoms with Crippen LogP contribution >= 0.6 is 31.9 Å². The van der Waals surface area contributed by atoms with Crippen molar-refractivity contribution in [3.8, 4) is 11.1 Å². The molecule has 3 aliphatic carbocycles. The number of benzene rings is 4. The maximum Gasteiger partial charge on any atom is 0.269 e. The van der Waals surface area contributed by atoms with Gasteiger partial charge in [0.1, 0.15) is 0 Å². The van der Waals surface area contributed by atoms with Crippen LogP contribution in [0.4, 0.5) is 11.4 Å². The minimum absolute atomic E-state index is 0.0188. The number of nitro groups is 1. The van der Waals surface area contributed by atoms with Gasteiger partial charge < -0.3 is 0 Å². The van der Waals surface area contributed by atoms with Crippen molar-refractivity contribution in [3.63, 3.8) is 0 Å². The van der Waals surface area contributed by atoms with Gasteiger partial charge in [-0.1, -0.05) is 92.5 Å². The number of amides is 2. The van der Waals surface area contributed by atoms with E-state index in [0.717, 1.165) is 33.4 Å². The molecule has 0 aromatic heterocycles. The van der Waals surface area contributed by atoms with Gasteiger partial charge in [-0.3, -0.25) is 19.7 Å². The second-order valence-corrected chi connectivity index (χ2v) is 12.3. The third-order valence-corrected chi connectivity index (χ3v) is 10.8. The SMILES string of the molecule is O=C1[C@@H]2[C@H](C(=O)N1c1ccc(-c3ccc([N+](=O)[O-])cc3)cc1)C1(Br)c3ccccc3C2(Br)c2ccccc21. The van der Waals surface area contributed by atoms with Crippen LogP contribution in [0, 0.1) is 22.0 Å². The molecule has 38 heavy (non-hydrogen) atoms. The summed E-state index contributed by atoms with van der Waals surface area (Å²) in [6.07, 6.45) is 0. The van der Waals surface area contributed by atoms with E-state index in [1.54, 1.807) is 24.3 Å². The first-order valence-corrected chi connectivity index (χ1v) is 13.7. The zero-order valence-corrected chi connectivity index (χ0v) is 22.8. The Bertz CT molecular complexity index is 1560. The lowest BCUT2D eigenvalue weighted by atomic mass is 9.54. The predicted molar refractivity (Wildman–Crippen MR) is 150 cm³/mol. The Kier molecular flexibility index (Phi) is 4.91. The number of alkyl halides is 2. The van der Waals surface area contributed by atoms with Crippen molar-refractivity contribution in [1.82, 2.24) is 0 Å². The van der Waals surface area contributed by atoms with Gasteiger partial charge in [-0.15, -0.1) is 0 Å². The van der Waals surface area contributed by atoms with Crippen molar-refractivity contribution in [2.75, 3.05) is 4.90 Å². The molecule has 0 spiro atoms. The summed E-state index contributed by atoms with van der Waals surface area (Å²) in [6.45, 7) is 0. The van der Waals surface area contributed by atoms with Crippen molar-refractivity contribution < 1.29 is 14.5 Å². The molecule has 6 nitrogen and oxygen atoms in total. The van der Waals surface area contributed by atoms with Gasteiger partial charge >= 0.3 is 0 Å². The number of nitrogens with zero attached hydrogens (tertiary/aromatic N) is 2. The predicted octanol–water partition coefficient (Wildman–Crippen LogP) is 6.67. The van der Waals surface area contributed by atoms with Crippen molar-refractivity contribution in [2.24, 2.45) is 11.8 Å². The number of imide groups is 1. The summed E-state index contributed by atoms with van der Waals surface area (Å²) in [7, 11) is 0. The Morgan fingerprint density at radius 3 is 1.37 bits per heavy atom. The summed E-state index contributed by atoms with van der Waals surface area (Å²) in [5.41, 5.74) is 6.13. The molecule has 2 bridgehead atoms. The number of hydrogen-bond donors (Lipinski definition) is 0. The van der Waals surface area contributed by atoms with Gasteiger partial charge in [-0.2, -0.15) is 0 Å². The number of hydrogen-bond acceptors (Lipinski definition) is 4. The lowest BCUT2D eigenvalue weighted by Gasteiger charge is -2.55. The fourth-order valence-electron chi connectivity index (χ4n) is 6.50. The van der Waals surface area contributed by atoms with Crippen molar-refractivity contribution in [3.05, 3.63) is 129 Å². The molecule has 186 valence electrons. The summed E-state index contributed by atoms with van der Waals surface area (Å²) in [5, 5.41) is 11.0. The fourth-order valence-corrected chi connectivity index (χ4v) is 8.80. The van der Waals surface area contributed by atoms with E-state index >= 15 is 0 Å². The Balaban J connectivity index is 1.33. The fraction of sp³-hybridized carbons (Fsp3) is 0.133. The van der Waals surface area contributed by atoms with Crippen LogP contribution in [0.15, 0.2) is 97.1 Å². The summed E-state index contributed by atoms with van der Waals surface area (Å²) in [5.74, 6) is -1.75. The molecule has 1 aliphatic heterocycles. The van der Waals surface area contributed by atoms with Crippen LogP contribution in [0.5, 0.6) is 0 Å². The smallest absolute Gasteiger partial charge is 0.269 e. The molecule has 1 heterocycles. The van der Waals surface area contributed by atoms with Crippen LogP contribution in [0.25, 0.3) is 11.1 Å². The molecule has 1 saturated heterocycles. The Labute approximate surface area is 234 Å². The van der Waals surface area contributed by atoms with Crippen molar-refractivity contribution >= 4 is 55.0 Å².